The van der Waals surface area contributed by atoms with E-state index in [2.05, 4.69) is 10.6 Å². The summed E-state index contributed by atoms with van der Waals surface area (Å²) >= 11 is 2.53. The molecule has 0 saturated heterocycles. The van der Waals surface area contributed by atoms with Crippen LogP contribution in [-0.4, -0.2) is 58.1 Å². The zero-order valence-corrected chi connectivity index (χ0v) is 22.2. The summed E-state index contributed by atoms with van der Waals surface area (Å²) in [6, 6.07) is 6.80. The maximum absolute atomic E-state index is 13.1. The molecule has 1 unspecified atom stereocenters. The summed E-state index contributed by atoms with van der Waals surface area (Å²) in [5, 5.41) is 13.9. The number of fused-ring (bicyclic) bond motifs is 1. The van der Waals surface area contributed by atoms with E-state index in [0.717, 1.165) is 22.6 Å². The van der Waals surface area contributed by atoms with Gasteiger partial charge in [-0.2, -0.15) is 0 Å². The number of benzene rings is 1. The van der Waals surface area contributed by atoms with Crippen LogP contribution in [0.2, 0.25) is 0 Å². The number of nitrogens with zero attached hydrogens (tertiary/aromatic N) is 1. The van der Waals surface area contributed by atoms with Gasteiger partial charge in [0.2, 0.25) is 17.7 Å². The van der Waals surface area contributed by atoms with Gasteiger partial charge in [0.05, 0.1) is 24.0 Å². The number of anilines is 2. The van der Waals surface area contributed by atoms with E-state index in [1.165, 1.54) is 30.0 Å². The summed E-state index contributed by atoms with van der Waals surface area (Å²) < 4.78 is 5.24. The molecule has 1 aromatic carbocycles. The Kier molecular flexibility index (Phi) is 9.48. The Morgan fingerprint density at radius 1 is 1.22 bits per heavy atom. The highest BCUT2D eigenvalue weighted by Crippen LogP contribution is 2.38. The molecule has 10 nitrogen and oxygen atoms in total. The van der Waals surface area contributed by atoms with Crippen LogP contribution in [0, 0.1) is 0 Å². The number of nitrogens with one attached hydrogen (secondary N) is 2. The second-order valence-electron chi connectivity index (χ2n) is 8.06. The molecule has 1 aliphatic rings. The van der Waals surface area contributed by atoms with E-state index >= 15 is 0 Å². The Morgan fingerprint density at radius 3 is 2.65 bits per heavy atom. The van der Waals surface area contributed by atoms with E-state index in [4.69, 9.17) is 9.84 Å². The Balaban J connectivity index is 1.73. The summed E-state index contributed by atoms with van der Waals surface area (Å²) in [4.78, 5) is 63.3. The van der Waals surface area contributed by atoms with Crippen molar-refractivity contribution < 1.29 is 33.8 Å². The zero-order chi connectivity index (χ0) is 27.1. The first-order chi connectivity index (χ1) is 17.6. The number of thiophene rings is 1. The molecule has 0 radical (unpaired) electrons. The zero-order valence-electron chi connectivity index (χ0n) is 20.5. The highest BCUT2D eigenvalue weighted by atomic mass is 32.2. The largest absolute Gasteiger partial charge is 0.478 e. The molecule has 3 amide bonds. The number of thioether (sulfide) groups is 1. The number of hydrogen-bond acceptors (Lipinski definition) is 8. The first kappa shape index (κ1) is 27.9. The fourth-order valence-corrected chi connectivity index (χ4v) is 5.81. The molecule has 2 heterocycles. The molecule has 0 saturated carbocycles. The average Bonchev–Trinajstić information content (AvgIpc) is 3.20. The Bertz CT molecular complexity index is 1250. The summed E-state index contributed by atoms with van der Waals surface area (Å²) in [5.41, 5.74) is 1.59. The van der Waals surface area contributed by atoms with Gasteiger partial charge in [-0.25, -0.2) is 9.59 Å². The van der Waals surface area contributed by atoms with Crippen molar-refractivity contribution in [3.63, 3.8) is 0 Å². The van der Waals surface area contributed by atoms with Crippen molar-refractivity contribution in [3.8, 4) is 0 Å². The number of esters is 1. The molecule has 37 heavy (non-hydrogen) atoms. The second-order valence-corrected chi connectivity index (χ2v) is 10.6. The Labute approximate surface area is 222 Å². The van der Waals surface area contributed by atoms with Crippen molar-refractivity contribution in [2.75, 3.05) is 23.8 Å². The van der Waals surface area contributed by atoms with Crippen LogP contribution >= 0.6 is 23.1 Å². The van der Waals surface area contributed by atoms with Crippen LogP contribution < -0.4 is 10.6 Å². The van der Waals surface area contributed by atoms with E-state index in [1.807, 2.05) is 0 Å². The minimum absolute atomic E-state index is 0.0522. The molecule has 12 heteroatoms. The highest BCUT2D eigenvalue weighted by molar-refractivity contribution is 8.00. The number of hydrogen-bond donors (Lipinski definition) is 3. The molecule has 1 aromatic heterocycles. The van der Waals surface area contributed by atoms with Crippen molar-refractivity contribution in [2.24, 2.45) is 0 Å². The molecule has 0 aliphatic carbocycles. The summed E-state index contributed by atoms with van der Waals surface area (Å²) in [6.45, 7) is 5.99. The summed E-state index contributed by atoms with van der Waals surface area (Å²) in [5.74, 6) is -2.70. The fourth-order valence-electron chi connectivity index (χ4n) is 3.63. The van der Waals surface area contributed by atoms with Crippen LogP contribution in [0.25, 0.3) is 0 Å². The van der Waals surface area contributed by atoms with Crippen LogP contribution in [0.15, 0.2) is 41.3 Å². The standard InChI is InChI=1S/C25H27N3O7S2/c1-4-35-25(34)22-18-10-11-28(15(3)29)13-19(18)37-24(22)27-23(33)14(2)36-17-7-5-6-16(12-17)26-20(30)8-9-21(31)32/h5-9,12,14H,4,10-11,13H2,1-3H3,(H,26,30)(H,27,33)(H,31,32)/b9-8+. The van der Waals surface area contributed by atoms with E-state index in [-0.39, 0.29) is 18.4 Å². The van der Waals surface area contributed by atoms with Gasteiger partial charge < -0.3 is 25.4 Å². The molecule has 0 bridgehead atoms. The predicted octanol–water partition coefficient (Wildman–Crippen LogP) is 3.53. The lowest BCUT2D eigenvalue weighted by molar-refractivity contribution is -0.132. The SMILES string of the molecule is CCOC(=O)c1c(NC(=O)C(C)Sc2cccc(NC(=O)/C=C/C(=O)O)c2)sc2c1CCN(C(C)=O)C2. The topological polar surface area (TPSA) is 142 Å². The van der Waals surface area contributed by atoms with Gasteiger partial charge in [-0.05, 0) is 44.0 Å². The Hall–Kier alpha value is -3.64. The van der Waals surface area contributed by atoms with Crippen molar-refractivity contribution in [1.82, 2.24) is 4.90 Å². The van der Waals surface area contributed by atoms with Gasteiger partial charge in [0.25, 0.3) is 0 Å². The number of ether oxygens (including phenoxy) is 1. The van der Waals surface area contributed by atoms with E-state index in [0.29, 0.717) is 40.7 Å². The lowest BCUT2D eigenvalue weighted by Crippen LogP contribution is -2.34. The van der Waals surface area contributed by atoms with Gasteiger partial charge in [0, 0.05) is 41.1 Å². The molecule has 3 rings (SSSR count). The van der Waals surface area contributed by atoms with Gasteiger partial charge >= 0.3 is 11.9 Å². The van der Waals surface area contributed by atoms with Crippen LogP contribution in [0.5, 0.6) is 0 Å². The maximum Gasteiger partial charge on any atom is 0.341 e. The predicted molar refractivity (Wildman–Crippen MR) is 141 cm³/mol. The van der Waals surface area contributed by atoms with Crippen LogP contribution in [0.4, 0.5) is 10.7 Å². The number of carboxylic acids is 1. The number of carbonyl (C=O) groups is 5. The van der Waals surface area contributed by atoms with Crippen molar-refractivity contribution in [2.45, 2.75) is 43.9 Å². The monoisotopic (exact) mass is 545 g/mol. The molecule has 3 N–H and O–H groups in total. The number of rotatable bonds is 9. The van der Waals surface area contributed by atoms with Crippen LogP contribution in [0.3, 0.4) is 0 Å². The lowest BCUT2D eigenvalue weighted by atomic mass is 10.0. The van der Waals surface area contributed by atoms with Crippen LogP contribution in [-0.2, 0) is 36.9 Å². The molecule has 0 spiro atoms. The molecular weight excluding hydrogens is 518 g/mol. The van der Waals surface area contributed by atoms with E-state index in [9.17, 15) is 24.0 Å². The first-order valence-electron chi connectivity index (χ1n) is 11.5. The third-order valence-corrected chi connectivity index (χ3v) is 7.61. The second kappa shape index (κ2) is 12.5. The summed E-state index contributed by atoms with van der Waals surface area (Å²) in [6.07, 6.45) is 2.15. The van der Waals surface area contributed by atoms with Gasteiger partial charge in [-0.1, -0.05) is 6.07 Å². The third kappa shape index (κ3) is 7.43. The molecule has 196 valence electrons. The van der Waals surface area contributed by atoms with Gasteiger partial charge in [-0.15, -0.1) is 23.1 Å². The van der Waals surface area contributed by atoms with Crippen molar-refractivity contribution in [3.05, 3.63) is 52.4 Å². The molecule has 1 atom stereocenters. The van der Waals surface area contributed by atoms with Gasteiger partial charge in [0.1, 0.15) is 5.00 Å². The third-order valence-electron chi connectivity index (χ3n) is 5.38. The molecular formula is C25H27N3O7S2. The maximum atomic E-state index is 13.1. The average molecular weight is 546 g/mol. The van der Waals surface area contributed by atoms with Crippen molar-refractivity contribution >= 4 is 63.4 Å². The number of carbonyl (C=O) groups excluding carboxylic acids is 4. The Morgan fingerprint density at radius 2 is 1.97 bits per heavy atom. The normalized spacial score (nSPS) is 13.5. The minimum Gasteiger partial charge on any atom is -0.478 e. The highest BCUT2D eigenvalue weighted by Gasteiger charge is 2.31. The molecule has 2 aromatic rings. The van der Waals surface area contributed by atoms with E-state index < -0.39 is 23.1 Å². The van der Waals surface area contributed by atoms with Crippen LogP contribution in [0.1, 0.15) is 41.6 Å². The van der Waals surface area contributed by atoms with E-state index in [1.54, 1.807) is 43.0 Å². The van der Waals surface area contributed by atoms with Gasteiger partial charge in [-0.3, -0.25) is 14.4 Å². The smallest absolute Gasteiger partial charge is 0.341 e. The number of carboxylic acid groups (broad SMARTS) is 1. The van der Waals surface area contributed by atoms with Gasteiger partial charge in [0.15, 0.2) is 0 Å². The number of amides is 3. The van der Waals surface area contributed by atoms with Crippen molar-refractivity contribution in [1.29, 1.82) is 0 Å². The first-order valence-corrected chi connectivity index (χ1v) is 13.1. The summed E-state index contributed by atoms with van der Waals surface area (Å²) in [7, 11) is 0. The minimum atomic E-state index is -1.23. The number of aliphatic carboxylic acids is 1. The molecule has 0 fully saturated rings. The lowest BCUT2D eigenvalue weighted by Gasteiger charge is -2.25. The fraction of sp³-hybridized carbons (Fsp3) is 0.320. The molecule has 1 aliphatic heterocycles. The quantitative estimate of drug-likeness (QED) is 0.247.